The number of amides is 1. The summed E-state index contributed by atoms with van der Waals surface area (Å²) in [4.78, 5) is 23.5. The summed E-state index contributed by atoms with van der Waals surface area (Å²) >= 11 is 0. The highest BCUT2D eigenvalue weighted by atomic mass is 19.4. The first-order chi connectivity index (χ1) is 17.2. The number of likely N-dealkylation sites (tertiary alicyclic amines) is 1. The molecule has 3 heterocycles. The van der Waals surface area contributed by atoms with Crippen molar-refractivity contribution in [2.75, 3.05) is 19.7 Å². The zero-order valence-corrected chi connectivity index (χ0v) is 20.2. The van der Waals surface area contributed by atoms with Gasteiger partial charge in [0.05, 0.1) is 24.6 Å². The van der Waals surface area contributed by atoms with Crippen LogP contribution in [0.3, 0.4) is 0 Å². The van der Waals surface area contributed by atoms with Gasteiger partial charge in [-0.2, -0.15) is 0 Å². The quantitative estimate of drug-likeness (QED) is 0.481. The van der Waals surface area contributed by atoms with Gasteiger partial charge < -0.3 is 19.4 Å². The van der Waals surface area contributed by atoms with Crippen molar-refractivity contribution in [2.45, 2.75) is 52.0 Å². The summed E-state index contributed by atoms with van der Waals surface area (Å²) in [5.74, 6) is 0.698. The number of aromatic nitrogens is 2. The molecule has 0 saturated carbocycles. The predicted octanol–water partition coefficient (Wildman–Crippen LogP) is 5.93. The van der Waals surface area contributed by atoms with Gasteiger partial charge in [0.1, 0.15) is 11.6 Å². The summed E-state index contributed by atoms with van der Waals surface area (Å²) in [5.41, 5.74) is 6.50. The number of fused-ring (bicyclic) bond motifs is 1. The van der Waals surface area contributed by atoms with Crippen LogP contribution in [-0.2, 0) is 17.8 Å². The van der Waals surface area contributed by atoms with Crippen molar-refractivity contribution in [1.82, 2.24) is 14.9 Å². The molecule has 0 spiro atoms. The Hall–Kier alpha value is -3.33. The largest absolute Gasteiger partial charge is 0.573 e. The Kier molecular flexibility index (Phi) is 6.51. The molecule has 9 heteroatoms. The van der Waals surface area contributed by atoms with Crippen LogP contribution in [0.1, 0.15) is 58.6 Å². The summed E-state index contributed by atoms with van der Waals surface area (Å²) in [5, 5.41) is 0. The van der Waals surface area contributed by atoms with Crippen molar-refractivity contribution in [3.8, 4) is 17.1 Å². The third-order valence-corrected chi connectivity index (χ3v) is 7.02. The maximum absolute atomic E-state index is 13.5. The minimum Gasteiger partial charge on any atom is -0.406 e. The van der Waals surface area contributed by atoms with E-state index in [9.17, 15) is 18.0 Å². The number of imidazole rings is 1. The van der Waals surface area contributed by atoms with Gasteiger partial charge in [-0.25, -0.2) is 4.98 Å². The number of aryl methyl sites for hydroxylation is 2. The molecular formula is C27H30F3N3O3. The number of benzene rings is 2. The van der Waals surface area contributed by atoms with Crippen LogP contribution in [0.5, 0.6) is 5.75 Å². The van der Waals surface area contributed by atoms with E-state index in [0.717, 1.165) is 58.7 Å². The number of hydrogen-bond donors (Lipinski definition) is 1. The van der Waals surface area contributed by atoms with E-state index >= 15 is 0 Å². The lowest BCUT2D eigenvalue weighted by Crippen LogP contribution is -2.38. The number of nitrogens with one attached hydrogen (secondary N) is 1. The van der Waals surface area contributed by atoms with Crippen molar-refractivity contribution < 1.29 is 28.9 Å². The topological polar surface area (TPSA) is 67.5 Å². The van der Waals surface area contributed by atoms with Gasteiger partial charge in [0.15, 0.2) is 0 Å². The highest BCUT2D eigenvalue weighted by Crippen LogP contribution is 2.32. The number of ether oxygens (including phenoxy) is 2. The standard InChI is InChI=1S/C27H28F3N3O3.H2/c1-16-13-17(2)22(14-21(16)25-31-23-9-12-35-15-24(23)32-25)26(34)33-10-7-19(8-11-33)18-3-5-20(6-4-18)36-27(28,29)30;/h3-6,13-14,19H,7-12,15H2,1-2H3,(H,31,32);1H. The van der Waals surface area contributed by atoms with Crippen LogP contribution in [0.15, 0.2) is 36.4 Å². The van der Waals surface area contributed by atoms with Crippen molar-refractivity contribution in [2.24, 2.45) is 0 Å². The Morgan fingerprint density at radius 2 is 1.86 bits per heavy atom. The second-order valence-electron chi connectivity index (χ2n) is 9.48. The normalized spacial score (nSPS) is 16.6. The second kappa shape index (κ2) is 9.61. The number of carbonyl (C=O) groups is 1. The molecule has 192 valence electrons. The number of halogens is 3. The monoisotopic (exact) mass is 501 g/mol. The fourth-order valence-electron chi connectivity index (χ4n) is 5.11. The molecule has 2 aliphatic heterocycles. The summed E-state index contributed by atoms with van der Waals surface area (Å²) < 4.78 is 46.7. The lowest BCUT2D eigenvalue weighted by molar-refractivity contribution is -0.274. The average Bonchev–Trinajstić information content (AvgIpc) is 3.27. The van der Waals surface area contributed by atoms with Crippen LogP contribution in [0, 0.1) is 13.8 Å². The van der Waals surface area contributed by atoms with E-state index in [4.69, 9.17) is 9.72 Å². The maximum Gasteiger partial charge on any atom is 0.573 e. The van der Waals surface area contributed by atoms with Gasteiger partial charge in [-0.15, -0.1) is 13.2 Å². The molecule has 1 N–H and O–H groups in total. The van der Waals surface area contributed by atoms with Gasteiger partial charge in [0, 0.05) is 32.1 Å². The molecule has 1 aromatic heterocycles. The summed E-state index contributed by atoms with van der Waals surface area (Å²) in [7, 11) is 0. The molecule has 2 aromatic carbocycles. The van der Waals surface area contributed by atoms with E-state index < -0.39 is 6.36 Å². The number of carbonyl (C=O) groups excluding carboxylic acids is 1. The van der Waals surface area contributed by atoms with Crippen LogP contribution < -0.4 is 4.74 Å². The number of H-pyrrole nitrogens is 1. The predicted molar refractivity (Wildman–Crippen MR) is 130 cm³/mol. The van der Waals surface area contributed by atoms with Crippen LogP contribution in [-0.4, -0.2) is 46.8 Å². The smallest absolute Gasteiger partial charge is 0.406 e. The van der Waals surface area contributed by atoms with Crippen LogP contribution in [0.25, 0.3) is 11.4 Å². The van der Waals surface area contributed by atoms with E-state index in [0.29, 0.717) is 31.9 Å². The molecule has 6 nitrogen and oxygen atoms in total. The number of piperidine rings is 1. The lowest BCUT2D eigenvalue weighted by atomic mass is 9.89. The van der Waals surface area contributed by atoms with Crippen molar-refractivity contribution in [3.05, 3.63) is 70.0 Å². The second-order valence-corrected chi connectivity index (χ2v) is 9.48. The molecular weight excluding hydrogens is 471 g/mol. The van der Waals surface area contributed by atoms with Gasteiger partial charge in [0.2, 0.25) is 0 Å². The summed E-state index contributed by atoms with van der Waals surface area (Å²) in [6, 6.07) is 10.00. The first-order valence-electron chi connectivity index (χ1n) is 12.1. The molecule has 3 aromatic rings. The number of rotatable bonds is 4. The van der Waals surface area contributed by atoms with Gasteiger partial charge in [-0.3, -0.25) is 4.79 Å². The van der Waals surface area contributed by atoms with E-state index in [1.165, 1.54) is 12.1 Å². The number of hydrogen-bond acceptors (Lipinski definition) is 4. The molecule has 0 atom stereocenters. The Bertz CT molecular complexity index is 1240. The van der Waals surface area contributed by atoms with E-state index in [-0.39, 0.29) is 19.0 Å². The molecule has 0 radical (unpaired) electrons. The van der Waals surface area contributed by atoms with E-state index in [1.54, 1.807) is 12.1 Å². The van der Waals surface area contributed by atoms with Crippen molar-refractivity contribution in [1.29, 1.82) is 0 Å². The fraction of sp³-hybridized carbons (Fsp3) is 0.407. The SMILES string of the molecule is Cc1cc(C)c(-c2nc3c([nH]2)COCC3)cc1C(=O)N1CCC(c2ccc(OC(F)(F)F)cc2)CC1.[HH]. The zero-order valence-electron chi connectivity index (χ0n) is 20.2. The zero-order chi connectivity index (χ0) is 25.4. The third kappa shape index (κ3) is 5.11. The number of aromatic amines is 1. The number of nitrogens with zero attached hydrogens (tertiary/aromatic N) is 2. The first-order valence-corrected chi connectivity index (χ1v) is 12.1. The van der Waals surface area contributed by atoms with Gasteiger partial charge in [0.25, 0.3) is 5.91 Å². The van der Waals surface area contributed by atoms with Crippen LogP contribution in [0.2, 0.25) is 0 Å². The summed E-state index contributed by atoms with van der Waals surface area (Å²) in [6.45, 7) is 6.31. The van der Waals surface area contributed by atoms with Gasteiger partial charge >= 0.3 is 6.36 Å². The highest BCUT2D eigenvalue weighted by Gasteiger charge is 2.31. The summed E-state index contributed by atoms with van der Waals surface area (Å²) in [6.07, 6.45) is -2.44. The molecule has 1 amide bonds. The third-order valence-electron chi connectivity index (χ3n) is 7.02. The Balaban J connectivity index is 0.00000320. The molecule has 5 rings (SSSR count). The van der Waals surface area contributed by atoms with E-state index in [1.807, 2.05) is 30.9 Å². The highest BCUT2D eigenvalue weighted by molar-refractivity contribution is 5.97. The van der Waals surface area contributed by atoms with Crippen molar-refractivity contribution in [3.63, 3.8) is 0 Å². The van der Waals surface area contributed by atoms with Gasteiger partial charge in [-0.1, -0.05) is 18.2 Å². The Labute approximate surface area is 208 Å². The molecule has 1 fully saturated rings. The van der Waals surface area contributed by atoms with Crippen molar-refractivity contribution >= 4 is 5.91 Å². The van der Waals surface area contributed by atoms with Crippen LogP contribution in [0.4, 0.5) is 13.2 Å². The minimum atomic E-state index is -4.70. The fourth-order valence-corrected chi connectivity index (χ4v) is 5.11. The van der Waals surface area contributed by atoms with Crippen LogP contribution >= 0.6 is 0 Å². The minimum absolute atomic E-state index is 0. The molecule has 0 unspecified atom stereocenters. The lowest BCUT2D eigenvalue weighted by Gasteiger charge is -2.33. The Morgan fingerprint density at radius 3 is 2.53 bits per heavy atom. The molecule has 0 bridgehead atoms. The molecule has 1 saturated heterocycles. The average molecular weight is 502 g/mol. The molecule has 36 heavy (non-hydrogen) atoms. The number of alkyl halides is 3. The molecule has 0 aliphatic carbocycles. The van der Waals surface area contributed by atoms with Gasteiger partial charge in [-0.05, 0) is 67.5 Å². The van der Waals surface area contributed by atoms with E-state index in [2.05, 4.69) is 9.72 Å². The first kappa shape index (κ1) is 24.4. The molecule has 2 aliphatic rings. The Morgan fingerprint density at radius 1 is 1.14 bits per heavy atom. The maximum atomic E-state index is 13.5.